The minimum absolute atomic E-state index is 0.111. The summed E-state index contributed by atoms with van der Waals surface area (Å²) in [6.45, 7) is 0.727. The Morgan fingerprint density at radius 3 is 2.77 bits per heavy atom. The lowest BCUT2D eigenvalue weighted by Gasteiger charge is -2.28. The highest BCUT2D eigenvalue weighted by atomic mass is 32.1. The molecular formula is C23H27N3O3S. The summed E-state index contributed by atoms with van der Waals surface area (Å²) in [6.07, 6.45) is 5.59. The molecule has 0 bridgehead atoms. The number of amides is 2. The molecule has 1 aromatic carbocycles. The molecule has 1 aliphatic rings. The maximum Gasteiger partial charge on any atom is 0.318 e. The lowest BCUT2D eigenvalue weighted by Crippen LogP contribution is -2.45. The number of carbonyl (C=O) groups is 1. The number of pyridine rings is 1. The number of ether oxygens (including phenoxy) is 1. The van der Waals surface area contributed by atoms with Crippen LogP contribution in [0.1, 0.15) is 42.5 Å². The molecule has 0 atom stereocenters. The Labute approximate surface area is 179 Å². The van der Waals surface area contributed by atoms with E-state index in [-0.39, 0.29) is 24.2 Å². The second kappa shape index (κ2) is 9.34. The Morgan fingerprint density at radius 2 is 2.03 bits per heavy atom. The van der Waals surface area contributed by atoms with Crippen molar-refractivity contribution in [1.82, 2.24) is 15.2 Å². The van der Waals surface area contributed by atoms with Crippen molar-refractivity contribution < 1.29 is 9.53 Å². The van der Waals surface area contributed by atoms with Crippen molar-refractivity contribution in [1.29, 1.82) is 0 Å². The van der Waals surface area contributed by atoms with Gasteiger partial charge in [0.05, 0.1) is 20.2 Å². The monoisotopic (exact) mass is 425 g/mol. The second-order valence-electron chi connectivity index (χ2n) is 7.80. The maximum atomic E-state index is 13.1. The van der Waals surface area contributed by atoms with E-state index in [4.69, 9.17) is 4.74 Å². The van der Waals surface area contributed by atoms with E-state index in [1.165, 1.54) is 6.42 Å². The van der Waals surface area contributed by atoms with Crippen LogP contribution < -0.4 is 15.6 Å². The molecule has 1 fully saturated rings. The van der Waals surface area contributed by atoms with Crippen LogP contribution in [0.4, 0.5) is 4.79 Å². The topological polar surface area (TPSA) is 74.4 Å². The standard InChI is InChI=1S/C23H27N3O3S/c1-29-19-9-10-21-16(13-19)12-17(22(27)25-21)14-26(15-20-8-5-11-30-20)23(28)24-18-6-3-2-4-7-18/h5,8-13,18H,2-4,6-7,14-15H2,1H3,(H,24,28)(H,25,27). The Hall–Kier alpha value is -2.80. The van der Waals surface area contributed by atoms with Crippen molar-refractivity contribution in [2.24, 2.45) is 0 Å². The summed E-state index contributed by atoms with van der Waals surface area (Å²) in [4.78, 5) is 31.6. The molecule has 6 nitrogen and oxygen atoms in total. The molecule has 4 rings (SSSR count). The lowest BCUT2D eigenvalue weighted by molar-refractivity contribution is 0.185. The first kappa shape index (κ1) is 20.5. The number of rotatable bonds is 6. The fourth-order valence-corrected chi connectivity index (χ4v) is 4.70. The fourth-order valence-electron chi connectivity index (χ4n) is 3.98. The molecule has 2 aromatic heterocycles. The summed E-state index contributed by atoms with van der Waals surface area (Å²) in [5.41, 5.74) is 1.14. The number of thiophene rings is 1. The average Bonchev–Trinajstić information content (AvgIpc) is 3.27. The van der Waals surface area contributed by atoms with Gasteiger partial charge in [0.25, 0.3) is 5.56 Å². The van der Waals surface area contributed by atoms with Gasteiger partial charge in [0.2, 0.25) is 0 Å². The van der Waals surface area contributed by atoms with Crippen LogP contribution in [-0.4, -0.2) is 29.1 Å². The number of fused-ring (bicyclic) bond motifs is 1. The van der Waals surface area contributed by atoms with E-state index in [0.29, 0.717) is 12.1 Å². The van der Waals surface area contributed by atoms with E-state index in [9.17, 15) is 9.59 Å². The number of methoxy groups -OCH3 is 1. The molecule has 7 heteroatoms. The van der Waals surface area contributed by atoms with Gasteiger partial charge in [0.15, 0.2) is 0 Å². The zero-order valence-corrected chi connectivity index (χ0v) is 18.0. The van der Waals surface area contributed by atoms with Crippen LogP contribution in [0.25, 0.3) is 10.9 Å². The highest BCUT2D eigenvalue weighted by molar-refractivity contribution is 7.09. The third-order valence-electron chi connectivity index (χ3n) is 5.64. The number of carbonyl (C=O) groups excluding carboxylic acids is 1. The number of benzene rings is 1. The number of nitrogens with one attached hydrogen (secondary N) is 2. The van der Waals surface area contributed by atoms with Crippen molar-refractivity contribution in [2.75, 3.05) is 7.11 Å². The first-order valence-electron chi connectivity index (χ1n) is 10.4. The molecule has 0 unspecified atom stereocenters. The minimum Gasteiger partial charge on any atom is -0.497 e. The van der Waals surface area contributed by atoms with E-state index in [0.717, 1.165) is 47.2 Å². The third-order valence-corrected chi connectivity index (χ3v) is 6.50. The first-order chi connectivity index (χ1) is 14.6. The predicted octanol–water partition coefficient (Wildman–Crippen LogP) is 4.64. The molecule has 2 amide bonds. The number of aromatic amines is 1. The van der Waals surface area contributed by atoms with Gasteiger partial charge in [-0.15, -0.1) is 11.3 Å². The highest BCUT2D eigenvalue weighted by Gasteiger charge is 2.21. The SMILES string of the molecule is COc1ccc2[nH]c(=O)c(CN(Cc3cccs3)C(=O)NC3CCCCC3)cc2c1. The number of H-pyrrole nitrogens is 1. The summed E-state index contributed by atoms with van der Waals surface area (Å²) in [7, 11) is 1.62. The van der Waals surface area contributed by atoms with Crippen LogP contribution in [0.15, 0.2) is 46.6 Å². The number of urea groups is 1. The van der Waals surface area contributed by atoms with Gasteiger partial charge in [-0.2, -0.15) is 0 Å². The zero-order valence-electron chi connectivity index (χ0n) is 17.1. The molecule has 0 aliphatic heterocycles. The molecule has 3 aromatic rings. The number of aromatic nitrogens is 1. The van der Waals surface area contributed by atoms with Crippen molar-refractivity contribution in [3.63, 3.8) is 0 Å². The zero-order chi connectivity index (χ0) is 20.9. The quantitative estimate of drug-likeness (QED) is 0.604. The first-order valence-corrected chi connectivity index (χ1v) is 11.3. The van der Waals surface area contributed by atoms with Gasteiger partial charge in [0, 0.05) is 27.4 Å². The maximum absolute atomic E-state index is 13.1. The molecule has 2 heterocycles. The van der Waals surface area contributed by atoms with Gasteiger partial charge >= 0.3 is 6.03 Å². The van der Waals surface area contributed by atoms with Crippen molar-refractivity contribution >= 4 is 28.3 Å². The number of hydrogen-bond acceptors (Lipinski definition) is 4. The lowest BCUT2D eigenvalue weighted by atomic mass is 9.96. The van der Waals surface area contributed by atoms with Crippen molar-refractivity contribution in [3.8, 4) is 5.75 Å². The highest BCUT2D eigenvalue weighted by Crippen LogP contribution is 2.21. The summed E-state index contributed by atoms with van der Waals surface area (Å²) < 4.78 is 5.30. The molecule has 1 aliphatic carbocycles. The van der Waals surface area contributed by atoms with Gasteiger partial charge in [0.1, 0.15) is 5.75 Å². The van der Waals surface area contributed by atoms with Crippen LogP contribution in [0, 0.1) is 0 Å². The Kier molecular flexibility index (Phi) is 6.38. The van der Waals surface area contributed by atoms with E-state index in [2.05, 4.69) is 10.3 Å². The molecule has 2 N–H and O–H groups in total. The summed E-state index contributed by atoms with van der Waals surface area (Å²) in [6, 6.07) is 11.5. The Bertz CT molecular complexity index is 1060. The molecular weight excluding hydrogens is 398 g/mol. The van der Waals surface area contributed by atoms with E-state index in [1.54, 1.807) is 23.3 Å². The van der Waals surface area contributed by atoms with Crippen molar-refractivity contribution in [2.45, 2.75) is 51.2 Å². The largest absolute Gasteiger partial charge is 0.497 e. The smallest absolute Gasteiger partial charge is 0.318 e. The normalized spacial score (nSPS) is 14.6. The molecule has 0 spiro atoms. The summed E-state index contributed by atoms with van der Waals surface area (Å²) >= 11 is 1.61. The Morgan fingerprint density at radius 1 is 1.20 bits per heavy atom. The molecule has 158 valence electrons. The third kappa shape index (κ3) is 4.84. The minimum atomic E-state index is -0.172. The van der Waals surface area contributed by atoms with Crippen LogP contribution in [0.5, 0.6) is 5.75 Å². The molecule has 30 heavy (non-hydrogen) atoms. The molecule has 1 saturated carbocycles. The van der Waals surface area contributed by atoms with Gasteiger partial charge in [-0.3, -0.25) is 4.79 Å². The molecule has 0 radical (unpaired) electrons. The van der Waals surface area contributed by atoms with Crippen LogP contribution in [-0.2, 0) is 13.1 Å². The number of nitrogens with zero attached hydrogens (tertiary/aromatic N) is 1. The van der Waals surface area contributed by atoms with E-state index >= 15 is 0 Å². The van der Waals surface area contributed by atoms with Crippen molar-refractivity contribution in [3.05, 3.63) is 62.6 Å². The van der Waals surface area contributed by atoms with Gasteiger partial charge in [-0.1, -0.05) is 25.3 Å². The van der Waals surface area contributed by atoms with Gasteiger partial charge in [-0.25, -0.2) is 4.79 Å². The van der Waals surface area contributed by atoms with Crippen LogP contribution >= 0.6 is 11.3 Å². The van der Waals surface area contributed by atoms with Gasteiger partial charge in [-0.05, 0) is 48.6 Å². The number of hydrogen-bond donors (Lipinski definition) is 2. The molecule has 0 saturated heterocycles. The average molecular weight is 426 g/mol. The predicted molar refractivity (Wildman–Crippen MR) is 120 cm³/mol. The van der Waals surface area contributed by atoms with E-state index in [1.807, 2.05) is 41.8 Å². The van der Waals surface area contributed by atoms with Crippen LogP contribution in [0.2, 0.25) is 0 Å². The summed E-state index contributed by atoms with van der Waals surface area (Å²) in [5.74, 6) is 0.728. The fraction of sp³-hybridized carbons (Fsp3) is 0.391. The Balaban J connectivity index is 1.59. The van der Waals surface area contributed by atoms with Crippen LogP contribution in [0.3, 0.4) is 0 Å². The second-order valence-corrected chi connectivity index (χ2v) is 8.83. The summed E-state index contributed by atoms with van der Waals surface area (Å²) in [5, 5.41) is 6.07. The van der Waals surface area contributed by atoms with Gasteiger partial charge < -0.3 is 19.9 Å². The van der Waals surface area contributed by atoms with E-state index < -0.39 is 0 Å².